The van der Waals surface area contributed by atoms with Crippen LogP contribution in [0, 0.1) is 6.07 Å². The molecule has 1 aromatic heterocycles. The second kappa shape index (κ2) is 1.77. The predicted octanol–water partition coefficient (Wildman–Crippen LogP) is -1.55. The third-order valence-corrected chi connectivity index (χ3v) is 0.723. The molecule has 9 heavy (non-hydrogen) atoms. The van der Waals surface area contributed by atoms with Gasteiger partial charge in [0.2, 0.25) is 0 Å². The molecule has 0 aliphatic carbocycles. The van der Waals surface area contributed by atoms with Crippen LogP contribution in [0.4, 0.5) is 5.82 Å². The molecule has 47 valence electrons. The number of nitrogen functional groups attached to an aromatic ring is 1. The molecule has 0 aliphatic heterocycles. The molecule has 0 spiro atoms. The lowest BCUT2D eigenvalue weighted by atomic mass is 10.6. The molecular formula is C4H4N3O2. The zero-order valence-corrected chi connectivity index (χ0v) is 4.39. The average Bonchev–Trinajstić information content (AvgIpc) is 1.59. The molecule has 5 heteroatoms. The van der Waals surface area contributed by atoms with Crippen LogP contribution in [0.2, 0.25) is 0 Å². The quantitative estimate of drug-likeness (QED) is 0.392. The van der Waals surface area contributed by atoms with E-state index in [-0.39, 0.29) is 5.82 Å². The largest absolute Gasteiger partial charge is 0.384 e. The minimum Gasteiger partial charge on any atom is -0.384 e. The third kappa shape index (κ3) is 1.18. The summed E-state index contributed by atoms with van der Waals surface area (Å²) in [6.45, 7) is 0. The number of anilines is 1. The molecule has 4 N–H and O–H groups in total. The van der Waals surface area contributed by atoms with Gasteiger partial charge in [-0.2, -0.15) is 0 Å². The zero-order valence-electron chi connectivity index (χ0n) is 4.39. The highest BCUT2D eigenvalue weighted by molar-refractivity contribution is 5.20. The van der Waals surface area contributed by atoms with Crippen molar-refractivity contribution in [3.8, 4) is 0 Å². The standard InChI is InChI=1S/C4H4N3O2/c5-2-1-3(8)7-4(9)6-2/h(H4,5,6,7,8,9). The zero-order chi connectivity index (χ0) is 6.85. The van der Waals surface area contributed by atoms with E-state index in [0.29, 0.717) is 0 Å². The maximum Gasteiger partial charge on any atom is 0.327 e. The third-order valence-electron chi connectivity index (χ3n) is 0.723. The van der Waals surface area contributed by atoms with Crippen LogP contribution in [-0.2, 0) is 0 Å². The van der Waals surface area contributed by atoms with E-state index in [1.54, 1.807) is 0 Å². The summed E-state index contributed by atoms with van der Waals surface area (Å²) in [5.41, 5.74) is 3.80. The average molecular weight is 126 g/mol. The Kier molecular flexibility index (Phi) is 1.11. The predicted molar refractivity (Wildman–Crippen MR) is 30.9 cm³/mol. The summed E-state index contributed by atoms with van der Waals surface area (Å²) < 4.78 is 0. The van der Waals surface area contributed by atoms with E-state index in [0.717, 1.165) is 0 Å². The number of aromatic amines is 2. The van der Waals surface area contributed by atoms with Crippen LogP contribution in [0.5, 0.6) is 0 Å². The van der Waals surface area contributed by atoms with Crippen molar-refractivity contribution in [2.75, 3.05) is 5.73 Å². The fourth-order valence-corrected chi connectivity index (χ4v) is 0.441. The molecule has 1 aromatic rings. The first-order valence-electron chi connectivity index (χ1n) is 2.20. The Morgan fingerprint density at radius 3 is 2.44 bits per heavy atom. The highest BCUT2D eigenvalue weighted by Crippen LogP contribution is 1.76. The van der Waals surface area contributed by atoms with Gasteiger partial charge in [-0.05, 0) is 0 Å². The monoisotopic (exact) mass is 126 g/mol. The lowest BCUT2D eigenvalue weighted by Crippen LogP contribution is -2.22. The van der Waals surface area contributed by atoms with Crippen LogP contribution in [-0.4, -0.2) is 9.97 Å². The summed E-state index contributed by atoms with van der Waals surface area (Å²) in [7, 11) is 0. The Morgan fingerprint density at radius 2 is 2.00 bits per heavy atom. The van der Waals surface area contributed by atoms with Crippen molar-refractivity contribution in [1.29, 1.82) is 0 Å². The smallest absolute Gasteiger partial charge is 0.327 e. The Bertz CT molecular complexity index is 282. The summed E-state index contributed by atoms with van der Waals surface area (Å²) in [6, 6.07) is 2.12. The number of hydrogen-bond acceptors (Lipinski definition) is 3. The molecule has 0 aliphatic rings. The molecule has 0 atom stereocenters. The van der Waals surface area contributed by atoms with Crippen LogP contribution in [0.25, 0.3) is 0 Å². The molecule has 0 aromatic carbocycles. The van der Waals surface area contributed by atoms with Gasteiger partial charge in [0.15, 0.2) is 0 Å². The number of H-pyrrole nitrogens is 2. The van der Waals surface area contributed by atoms with E-state index in [1.165, 1.54) is 0 Å². The Labute approximate surface area is 49.5 Å². The Hall–Kier alpha value is -1.52. The van der Waals surface area contributed by atoms with Gasteiger partial charge < -0.3 is 5.73 Å². The van der Waals surface area contributed by atoms with Crippen LogP contribution in [0.15, 0.2) is 9.59 Å². The molecule has 1 rings (SSSR count). The van der Waals surface area contributed by atoms with Gasteiger partial charge in [0.25, 0.3) is 5.56 Å². The molecule has 0 amide bonds. The summed E-state index contributed by atoms with van der Waals surface area (Å²) in [5, 5.41) is 0. The molecule has 0 saturated heterocycles. The first-order valence-corrected chi connectivity index (χ1v) is 2.20. The van der Waals surface area contributed by atoms with Crippen LogP contribution < -0.4 is 17.0 Å². The summed E-state index contributed by atoms with van der Waals surface area (Å²) >= 11 is 0. The minimum absolute atomic E-state index is 0.0521. The molecule has 0 unspecified atom stereocenters. The van der Waals surface area contributed by atoms with Crippen molar-refractivity contribution in [2.24, 2.45) is 0 Å². The maximum atomic E-state index is 10.3. The normalized spacial score (nSPS) is 9.33. The van der Waals surface area contributed by atoms with Gasteiger partial charge in [-0.15, -0.1) is 0 Å². The topological polar surface area (TPSA) is 91.7 Å². The van der Waals surface area contributed by atoms with E-state index in [1.807, 2.05) is 4.98 Å². The molecule has 0 saturated carbocycles. The van der Waals surface area contributed by atoms with Crippen molar-refractivity contribution in [2.45, 2.75) is 0 Å². The maximum absolute atomic E-state index is 10.3. The number of rotatable bonds is 0. The van der Waals surface area contributed by atoms with Crippen molar-refractivity contribution in [3.63, 3.8) is 0 Å². The summed E-state index contributed by atoms with van der Waals surface area (Å²) in [5.74, 6) is -0.0521. The highest BCUT2D eigenvalue weighted by Gasteiger charge is 1.87. The Balaban J connectivity index is 3.52. The van der Waals surface area contributed by atoms with Gasteiger partial charge in [-0.25, -0.2) is 4.79 Å². The number of aromatic nitrogens is 2. The fourth-order valence-electron chi connectivity index (χ4n) is 0.441. The number of hydrogen-bond donors (Lipinski definition) is 3. The van der Waals surface area contributed by atoms with Gasteiger partial charge in [0.05, 0.1) is 6.07 Å². The first kappa shape index (κ1) is 5.61. The van der Waals surface area contributed by atoms with E-state index in [4.69, 9.17) is 5.73 Å². The van der Waals surface area contributed by atoms with Crippen molar-refractivity contribution < 1.29 is 0 Å². The van der Waals surface area contributed by atoms with Crippen LogP contribution >= 0.6 is 0 Å². The second-order valence-corrected chi connectivity index (χ2v) is 1.45. The lowest BCUT2D eigenvalue weighted by Gasteiger charge is -1.84. The van der Waals surface area contributed by atoms with Crippen LogP contribution in [0.1, 0.15) is 0 Å². The van der Waals surface area contributed by atoms with Crippen LogP contribution in [0.3, 0.4) is 0 Å². The molecule has 1 radical (unpaired) electrons. The minimum atomic E-state index is -0.615. The number of nitrogens with two attached hydrogens (primary N) is 1. The highest BCUT2D eigenvalue weighted by atomic mass is 16.2. The molecule has 0 bridgehead atoms. The van der Waals surface area contributed by atoms with Gasteiger partial charge in [0, 0.05) is 0 Å². The summed E-state index contributed by atoms with van der Waals surface area (Å²) in [4.78, 5) is 24.6. The molecule has 1 heterocycles. The number of nitrogens with one attached hydrogen (secondary N) is 2. The summed E-state index contributed by atoms with van der Waals surface area (Å²) in [6.07, 6.45) is 0. The van der Waals surface area contributed by atoms with Crippen molar-refractivity contribution >= 4 is 5.82 Å². The SMILES string of the molecule is Nc1[c]c(=O)[nH]c(=O)[nH]1. The van der Waals surface area contributed by atoms with E-state index < -0.39 is 11.2 Å². The van der Waals surface area contributed by atoms with Gasteiger partial charge in [-0.3, -0.25) is 14.8 Å². The second-order valence-electron chi connectivity index (χ2n) is 1.45. The van der Waals surface area contributed by atoms with Gasteiger partial charge in [0.1, 0.15) is 5.82 Å². The molecule has 0 fully saturated rings. The van der Waals surface area contributed by atoms with Gasteiger partial charge >= 0.3 is 5.69 Å². The van der Waals surface area contributed by atoms with Gasteiger partial charge in [-0.1, -0.05) is 0 Å². The first-order chi connectivity index (χ1) is 4.18. The lowest BCUT2D eigenvalue weighted by molar-refractivity contribution is 1.04. The van der Waals surface area contributed by atoms with E-state index >= 15 is 0 Å². The fraction of sp³-hybridized carbons (Fsp3) is 0. The molecular weight excluding hydrogens is 122 g/mol. The van der Waals surface area contributed by atoms with E-state index in [9.17, 15) is 9.59 Å². The van der Waals surface area contributed by atoms with E-state index in [2.05, 4.69) is 11.1 Å². The molecule has 5 nitrogen and oxygen atoms in total. The van der Waals surface area contributed by atoms with Crippen molar-refractivity contribution in [3.05, 3.63) is 26.9 Å². The van der Waals surface area contributed by atoms with Crippen molar-refractivity contribution in [1.82, 2.24) is 9.97 Å². The Morgan fingerprint density at radius 1 is 1.33 bits per heavy atom.